The molecule has 0 unspecified atom stereocenters. The number of ether oxygens (including phenoxy) is 1. The van der Waals surface area contributed by atoms with Gasteiger partial charge in [0.25, 0.3) is 0 Å². The van der Waals surface area contributed by atoms with Crippen LogP contribution in [0.1, 0.15) is 45.4 Å². The lowest BCUT2D eigenvalue weighted by atomic mass is 10.1. The standard InChI is InChI=1S/C14H21ClO2/c1-2-3-4-5-6-7-10-17-12-8-9-14(16)13(15)11-12/h8-9,11,16H,2-7,10H2,1H3. The largest absolute Gasteiger partial charge is 0.506 e. The van der Waals surface area contributed by atoms with Gasteiger partial charge in [-0.25, -0.2) is 0 Å². The van der Waals surface area contributed by atoms with Gasteiger partial charge in [-0.15, -0.1) is 0 Å². The van der Waals surface area contributed by atoms with Crippen molar-refractivity contribution in [3.8, 4) is 11.5 Å². The molecule has 0 atom stereocenters. The lowest BCUT2D eigenvalue weighted by Crippen LogP contribution is -1.97. The minimum atomic E-state index is 0.0959. The topological polar surface area (TPSA) is 29.5 Å². The highest BCUT2D eigenvalue weighted by atomic mass is 35.5. The molecule has 2 nitrogen and oxygen atoms in total. The number of rotatable bonds is 8. The van der Waals surface area contributed by atoms with E-state index in [9.17, 15) is 5.11 Å². The van der Waals surface area contributed by atoms with Crippen molar-refractivity contribution >= 4 is 11.6 Å². The minimum absolute atomic E-state index is 0.0959. The zero-order valence-corrected chi connectivity index (χ0v) is 11.2. The van der Waals surface area contributed by atoms with Gasteiger partial charge in [0.2, 0.25) is 0 Å². The first kappa shape index (κ1) is 14.2. The number of phenols is 1. The molecule has 0 heterocycles. The molecule has 0 radical (unpaired) electrons. The van der Waals surface area contributed by atoms with Gasteiger partial charge in [0.05, 0.1) is 11.6 Å². The summed E-state index contributed by atoms with van der Waals surface area (Å²) >= 11 is 5.78. The van der Waals surface area contributed by atoms with Gasteiger partial charge in [-0.2, -0.15) is 0 Å². The maximum Gasteiger partial charge on any atom is 0.134 e. The van der Waals surface area contributed by atoms with Crippen LogP contribution in [0.25, 0.3) is 0 Å². The smallest absolute Gasteiger partial charge is 0.134 e. The van der Waals surface area contributed by atoms with Crippen molar-refractivity contribution in [1.82, 2.24) is 0 Å². The summed E-state index contributed by atoms with van der Waals surface area (Å²) < 4.78 is 5.55. The highest BCUT2D eigenvalue weighted by Crippen LogP contribution is 2.27. The van der Waals surface area contributed by atoms with E-state index < -0.39 is 0 Å². The van der Waals surface area contributed by atoms with Crippen molar-refractivity contribution in [2.45, 2.75) is 45.4 Å². The van der Waals surface area contributed by atoms with E-state index in [-0.39, 0.29) is 5.75 Å². The van der Waals surface area contributed by atoms with Gasteiger partial charge in [-0.1, -0.05) is 50.6 Å². The summed E-state index contributed by atoms with van der Waals surface area (Å²) in [7, 11) is 0. The van der Waals surface area contributed by atoms with Crippen molar-refractivity contribution in [2.75, 3.05) is 6.61 Å². The highest BCUT2D eigenvalue weighted by molar-refractivity contribution is 6.32. The average Bonchev–Trinajstić information content (AvgIpc) is 2.32. The van der Waals surface area contributed by atoms with Gasteiger partial charge >= 0.3 is 0 Å². The Morgan fingerprint density at radius 2 is 1.82 bits per heavy atom. The van der Waals surface area contributed by atoms with Gasteiger partial charge < -0.3 is 9.84 Å². The predicted octanol–water partition coefficient (Wildman–Crippen LogP) is 4.78. The third kappa shape index (κ3) is 5.83. The Hall–Kier alpha value is -0.890. The quantitative estimate of drug-likeness (QED) is 0.678. The van der Waals surface area contributed by atoms with Crippen molar-refractivity contribution in [1.29, 1.82) is 0 Å². The summed E-state index contributed by atoms with van der Waals surface area (Å²) in [6.45, 7) is 2.94. The molecule has 0 bridgehead atoms. The number of halogens is 1. The second-order valence-corrected chi connectivity index (χ2v) is 4.64. The fourth-order valence-electron chi connectivity index (χ4n) is 1.65. The van der Waals surface area contributed by atoms with E-state index in [1.807, 2.05) is 0 Å². The van der Waals surface area contributed by atoms with Crippen LogP contribution in [0, 0.1) is 0 Å². The van der Waals surface area contributed by atoms with Crippen LogP contribution < -0.4 is 4.74 Å². The molecule has 0 saturated heterocycles. The third-order valence-electron chi connectivity index (χ3n) is 2.69. The molecule has 1 rings (SSSR count). The molecule has 0 aliphatic carbocycles. The molecule has 0 amide bonds. The van der Waals surface area contributed by atoms with E-state index in [1.165, 1.54) is 32.1 Å². The Bertz CT molecular complexity index is 326. The molecular weight excluding hydrogens is 236 g/mol. The SMILES string of the molecule is CCCCCCCCOc1ccc(O)c(Cl)c1. The van der Waals surface area contributed by atoms with Crippen LogP contribution in [-0.4, -0.2) is 11.7 Å². The molecule has 96 valence electrons. The predicted molar refractivity (Wildman–Crippen MR) is 72.0 cm³/mol. The van der Waals surface area contributed by atoms with Gasteiger partial charge in [-0.05, 0) is 18.6 Å². The molecule has 0 spiro atoms. The lowest BCUT2D eigenvalue weighted by Gasteiger charge is -2.07. The van der Waals surface area contributed by atoms with E-state index in [1.54, 1.807) is 18.2 Å². The molecule has 0 saturated carbocycles. The molecule has 3 heteroatoms. The Balaban J connectivity index is 2.11. The molecule has 17 heavy (non-hydrogen) atoms. The second-order valence-electron chi connectivity index (χ2n) is 4.23. The maximum absolute atomic E-state index is 9.25. The Morgan fingerprint density at radius 1 is 1.12 bits per heavy atom. The monoisotopic (exact) mass is 256 g/mol. The van der Waals surface area contributed by atoms with Crippen LogP contribution >= 0.6 is 11.6 Å². The van der Waals surface area contributed by atoms with Gasteiger partial charge in [0, 0.05) is 6.07 Å². The van der Waals surface area contributed by atoms with E-state index >= 15 is 0 Å². The van der Waals surface area contributed by atoms with Crippen LogP contribution in [0.2, 0.25) is 5.02 Å². The molecule has 0 aromatic heterocycles. The van der Waals surface area contributed by atoms with Crippen LogP contribution in [0.5, 0.6) is 11.5 Å². The van der Waals surface area contributed by atoms with Crippen LogP contribution in [0.15, 0.2) is 18.2 Å². The van der Waals surface area contributed by atoms with E-state index in [0.29, 0.717) is 11.6 Å². The van der Waals surface area contributed by atoms with E-state index in [4.69, 9.17) is 16.3 Å². The molecule has 0 aliphatic heterocycles. The summed E-state index contributed by atoms with van der Waals surface area (Å²) in [6.07, 6.45) is 7.50. The molecule has 1 aromatic rings. The van der Waals surface area contributed by atoms with E-state index in [0.717, 1.165) is 12.2 Å². The Labute approximate surface area is 109 Å². The third-order valence-corrected chi connectivity index (χ3v) is 2.99. The molecule has 1 N–H and O–H groups in total. The van der Waals surface area contributed by atoms with Crippen LogP contribution in [0.3, 0.4) is 0 Å². The summed E-state index contributed by atoms with van der Waals surface area (Å²) in [5, 5.41) is 9.59. The summed E-state index contributed by atoms with van der Waals surface area (Å²) in [5.41, 5.74) is 0. The van der Waals surface area contributed by atoms with Gasteiger partial charge in [0.15, 0.2) is 0 Å². The maximum atomic E-state index is 9.25. The molecular formula is C14H21ClO2. The van der Waals surface area contributed by atoms with Crippen molar-refractivity contribution in [2.24, 2.45) is 0 Å². The fourth-order valence-corrected chi connectivity index (χ4v) is 1.82. The van der Waals surface area contributed by atoms with Crippen LogP contribution in [0.4, 0.5) is 0 Å². The summed E-state index contributed by atoms with van der Waals surface area (Å²) in [5.74, 6) is 0.819. The van der Waals surface area contributed by atoms with Crippen molar-refractivity contribution < 1.29 is 9.84 Å². The number of unbranched alkanes of at least 4 members (excludes halogenated alkanes) is 5. The van der Waals surface area contributed by atoms with Gasteiger partial charge in [-0.3, -0.25) is 0 Å². The fraction of sp³-hybridized carbons (Fsp3) is 0.571. The molecule has 1 aromatic carbocycles. The van der Waals surface area contributed by atoms with Crippen molar-refractivity contribution in [3.63, 3.8) is 0 Å². The zero-order valence-electron chi connectivity index (χ0n) is 10.4. The number of hydrogen-bond donors (Lipinski definition) is 1. The number of aromatic hydroxyl groups is 1. The number of benzene rings is 1. The minimum Gasteiger partial charge on any atom is -0.506 e. The van der Waals surface area contributed by atoms with Gasteiger partial charge in [0.1, 0.15) is 11.5 Å². The Morgan fingerprint density at radius 3 is 2.53 bits per heavy atom. The highest BCUT2D eigenvalue weighted by Gasteiger charge is 2.00. The average molecular weight is 257 g/mol. The first-order chi connectivity index (χ1) is 8.24. The molecule has 0 aliphatic rings. The lowest BCUT2D eigenvalue weighted by molar-refractivity contribution is 0.304. The normalized spacial score (nSPS) is 10.5. The second kappa shape index (κ2) is 8.24. The first-order valence-electron chi connectivity index (χ1n) is 6.35. The van der Waals surface area contributed by atoms with Crippen LogP contribution in [-0.2, 0) is 0 Å². The summed E-state index contributed by atoms with van der Waals surface area (Å²) in [4.78, 5) is 0. The zero-order chi connectivity index (χ0) is 12.5. The summed E-state index contributed by atoms with van der Waals surface area (Å²) in [6, 6.07) is 4.94. The number of phenolic OH excluding ortho intramolecular Hbond substituents is 1. The first-order valence-corrected chi connectivity index (χ1v) is 6.73. The van der Waals surface area contributed by atoms with Crippen molar-refractivity contribution in [3.05, 3.63) is 23.2 Å². The number of hydrogen-bond acceptors (Lipinski definition) is 2. The van der Waals surface area contributed by atoms with E-state index in [2.05, 4.69) is 6.92 Å². The molecule has 0 fully saturated rings. The Kier molecular flexibility index (Phi) is 6.87.